The van der Waals surface area contributed by atoms with Gasteiger partial charge in [-0.05, 0) is 40.0 Å². The normalized spacial score (nSPS) is 13.6. The van der Waals surface area contributed by atoms with Crippen LogP contribution in [0.1, 0.15) is 16.7 Å². The van der Waals surface area contributed by atoms with Gasteiger partial charge >= 0.3 is 0 Å². The minimum absolute atomic E-state index is 0.772. The summed E-state index contributed by atoms with van der Waals surface area (Å²) in [7, 11) is 0. The maximum absolute atomic E-state index is 6.07. The first-order valence-electron chi connectivity index (χ1n) is 3.67. The van der Waals surface area contributed by atoms with E-state index >= 15 is 0 Å². The van der Waals surface area contributed by atoms with E-state index in [1.54, 1.807) is 0 Å². The van der Waals surface area contributed by atoms with Gasteiger partial charge in [0.2, 0.25) is 0 Å². The Morgan fingerprint density at radius 3 is 3.08 bits per heavy atom. The first-order chi connectivity index (χ1) is 5.70. The van der Waals surface area contributed by atoms with Gasteiger partial charge in [0.15, 0.2) is 0 Å². The Bertz CT molecular complexity index is 371. The summed E-state index contributed by atoms with van der Waals surface area (Å²) in [5, 5.41) is 0.775. The Morgan fingerprint density at radius 2 is 2.33 bits per heavy atom. The second kappa shape index (κ2) is 2.86. The van der Waals surface area contributed by atoms with E-state index in [0.29, 0.717) is 0 Å². The van der Waals surface area contributed by atoms with E-state index in [2.05, 4.69) is 27.8 Å². The number of fused-ring (bicyclic) bond motifs is 1. The molecule has 1 aliphatic rings. The van der Waals surface area contributed by atoms with Gasteiger partial charge < -0.3 is 0 Å². The summed E-state index contributed by atoms with van der Waals surface area (Å²) in [6.45, 7) is 2.85. The summed E-state index contributed by atoms with van der Waals surface area (Å²) in [6, 6.07) is 2.04. The first-order valence-corrected chi connectivity index (χ1v) is 4.84. The van der Waals surface area contributed by atoms with E-state index in [0.717, 1.165) is 21.6 Å². The van der Waals surface area contributed by atoms with E-state index < -0.39 is 0 Å². The Morgan fingerprint density at radius 1 is 1.58 bits per heavy atom. The Labute approximate surface area is 84.6 Å². The number of aliphatic imine (C=N–C) groups is 1. The van der Waals surface area contributed by atoms with E-state index in [-0.39, 0.29) is 0 Å². The van der Waals surface area contributed by atoms with Crippen LogP contribution in [0.5, 0.6) is 0 Å². The van der Waals surface area contributed by atoms with Crippen LogP contribution >= 0.6 is 27.5 Å². The monoisotopic (exact) mass is 243 g/mol. The molecule has 1 aromatic carbocycles. The molecule has 12 heavy (non-hydrogen) atoms. The predicted octanol–water partition coefficient (Wildman–Crippen LogP) is 3.34. The van der Waals surface area contributed by atoms with Crippen LogP contribution in [0.2, 0.25) is 5.02 Å². The molecule has 3 heteroatoms. The highest BCUT2D eigenvalue weighted by atomic mass is 79.9. The van der Waals surface area contributed by atoms with Crippen LogP contribution in [-0.4, -0.2) is 6.21 Å². The number of nitrogens with zero attached hydrogens (tertiary/aromatic N) is 1. The Kier molecular flexibility index (Phi) is 1.97. The maximum atomic E-state index is 6.07. The molecular weight excluding hydrogens is 237 g/mol. The lowest BCUT2D eigenvalue weighted by atomic mass is 10.0. The second-order valence-electron chi connectivity index (χ2n) is 2.85. The van der Waals surface area contributed by atoms with Gasteiger partial charge in [0.25, 0.3) is 0 Å². The largest absolute Gasteiger partial charge is 0.288 e. The average molecular weight is 245 g/mol. The quantitative estimate of drug-likeness (QED) is 0.664. The van der Waals surface area contributed by atoms with Gasteiger partial charge in [-0.1, -0.05) is 11.6 Å². The van der Waals surface area contributed by atoms with Crippen molar-refractivity contribution in [1.29, 1.82) is 0 Å². The molecule has 1 heterocycles. The highest BCUT2D eigenvalue weighted by Gasteiger charge is 2.14. The van der Waals surface area contributed by atoms with Gasteiger partial charge in [-0.2, -0.15) is 0 Å². The summed E-state index contributed by atoms with van der Waals surface area (Å²) in [6.07, 6.45) is 1.84. The number of benzene rings is 1. The standard InChI is InChI=1S/C9H7BrClN/c1-5-2-8(10)9(11)7-4-12-3-6(5)7/h2,4H,3H2,1H3. The van der Waals surface area contributed by atoms with Crippen molar-refractivity contribution in [3.63, 3.8) is 0 Å². The fourth-order valence-electron chi connectivity index (χ4n) is 1.39. The van der Waals surface area contributed by atoms with Crippen molar-refractivity contribution in [2.45, 2.75) is 13.5 Å². The molecule has 1 aromatic rings. The molecule has 0 N–H and O–H groups in total. The predicted molar refractivity (Wildman–Crippen MR) is 55.2 cm³/mol. The zero-order valence-electron chi connectivity index (χ0n) is 6.56. The summed E-state index contributed by atoms with van der Waals surface area (Å²) in [5.74, 6) is 0. The van der Waals surface area contributed by atoms with Crippen molar-refractivity contribution in [2.75, 3.05) is 0 Å². The number of halogens is 2. The molecule has 0 aliphatic carbocycles. The molecule has 0 atom stereocenters. The van der Waals surface area contributed by atoms with Crippen molar-refractivity contribution in [2.24, 2.45) is 4.99 Å². The van der Waals surface area contributed by atoms with Crippen LogP contribution in [0.15, 0.2) is 15.5 Å². The average Bonchev–Trinajstić information content (AvgIpc) is 2.48. The zero-order valence-corrected chi connectivity index (χ0v) is 8.91. The molecule has 0 saturated carbocycles. The fraction of sp³-hybridized carbons (Fsp3) is 0.222. The second-order valence-corrected chi connectivity index (χ2v) is 4.08. The molecule has 0 aromatic heterocycles. The van der Waals surface area contributed by atoms with Crippen molar-refractivity contribution >= 4 is 33.7 Å². The van der Waals surface area contributed by atoms with Gasteiger partial charge in [0.1, 0.15) is 0 Å². The van der Waals surface area contributed by atoms with Crippen LogP contribution in [0.25, 0.3) is 0 Å². The maximum Gasteiger partial charge on any atom is 0.0649 e. The van der Waals surface area contributed by atoms with Crippen molar-refractivity contribution in [3.8, 4) is 0 Å². The lowest BCUT2D eigenvalue weighted by Crippen LogP contribution is -1.91. The molecule has 62 valence electrons. The zero-order chi connectivity index (χ0) is 8.72. The number of hydrogen-bond acceptors (Lipinski definition) is 1. The molecule has 0 radical (unpaired) electrons. The smallest absolute Gasteiger partial charge is 0.0649 e. The molecular formula is C9H7BrClN. The third-order valence-electron chi connectivity index (χ3n) is 2.06. The Balaban J connectivity index is 2.75. The summed E-state index contributed by atoms with van der Waals surface area (Å²) in [4.78, 5) is 4.18. The summed E-state index contributed by atoms with van der Waals surface area (Å²) < 4.78 is 0.953. The minimum atomic E-state index is 0.772. The lowest BCUT2D eigenvalue weighted by Gasteiger charge is -2.06. The van der Waals surface area contributed by atoms with Crippen LogP contribution in [-0.2, 0) is 6.54 Å². The minimum Gasteiger partial charge on any atom is -0.288 e. The molecule has 0 bridgehead atoms. The number of hydrogen-bond donors (Lipinski definition) is 0. The first kappa shape index (κ1) is 8.27. The molecule has 0 fully saturated rings. The molecule has 0 unspecified atom stereocenters. The van der Waals surface area contributed by atoms with Crippen molar-refractivity contribution in [3.05, 3.63) is 32.3 Å². The van der Waals surface area contributed by atoms with E-state index in [9.17, 15) is 0 Å². The molecule has 0 saturated heterocycles. The summed E-state index contributed by atoms with van der Waals surface area (Å²) >= 11 is 9.48. The third kappa shape index (κ3) is 1.10. The topological polar surface area (TPSA) is 12.4 Å². The van der Waals surface area contributed by atoms with Crippen LogP contribution in [0.3, 0.4) is 0 Å². The van der Waals surface area contributed by atoms with Crippen LogP contribution < -0.4 is 0 Å². The van der Waals surface area contributed by atoms with Gasteiger partial charge in [-0.3, -0.25) is 4.99 Å². The highest BCUT2D eigenvalue weighted by molar-refractivity contribution is 9.10. The molecule has 1 nitrogen and oxygen atoms in total. The van der Waals surface area contributed by atoms with Crippen LogP contribution in [0.4, 0.5) is 0 Å². The fourth-order valence-corrected chi connectivity index (χ4v) is 2.16. The SMILES string of the molecule is Cc1cc(Br)c(Cl)c2c1CN=C2. The van der Waals surface area contributed by atoms with Gasteiger partial charge in [0, 0.05) is 16.3 Å². The molecule has 0 spiro atoms. The lowest BCUT2D eigenvalue weighted by molar-refractivity contribution is 1.09. The van der Waals surface area contributed by atoms with Crippen LogP contribution in [0, 0.1) is 6.92 Å². The number of aryl methyl sites for hydroxylation is 1. The third-order valence-corrected chi connectivity index (χ3v) is 3.32. The molecule has 1 aliphatic heterocycles. The molecule has 0 amide bonds. The number of rotatable bonds is 0. The molecule has 2 rings (SSSR count). The van der Waals surface area contributed by atoms with Gasteiger partial charge in [0.05, 0.1) is 11.6 Å². The Hall–Kier alpha value is -0.340. The van der Waals surface area contributed by atoms with E-state index in [1.807, 2.05) is 12.3 Å². The van der Waals surface area contributed by atoms with E-state index in [1.165, 1.54) is 11.1 Å². The van der Waals surface area contributed by atoms with Gasteiger partial charge in [-0.15, -0.1) is 0 Å². The highest BCUT2D eigenvalue weighted by Crippen LogP contribution is 2.32. The van der Waals surface area contributed by atoms with Crippen molar-refractivity contribution in [1.82, 2.24) is 0 Å². The van der Waals surface area contributed by atoms with Gasteiger partial charge in [-0.25, -0.2) is 0 Å². The van der Waals surface area contributed by atoms with E-state index in [4.69, 9.17) is 11.6 Å². The summed E-state index contributed by atoms with van der Waals surface area (Å²) in [5.41, 5.74) is 3.57. The van der Waals surface area contributed by atoms with Crippen molar-refractivity contribution < 1.29 is 0 Å².